The first-order valence-electron chi connectivity index (χ1n) is 7.34. The number of hydrogen-bond donors (Lipinski definition) is 0. The van der Waals surface area contributed by atoms with Crippen molar-refractivity contribution in [1.29, 1.82) is 0 Å². The van der Waals surface area contributed by atoms with Crippen LogP contribution in [-0.2, 0) is 23.7 Å². The number of hydrogen-bond acceptors (Lipinski definition) is 5. The van der Waals surface area contributed by atoms with Gasteiger partial charge in [-0.1, -0.05) is 13.8 Å². The van der Waals surface area contributed by atoms with Crippen molar-refractivity contribution in [1.82, 2.24) is 0 Å². The Hall–Kier alpha value is -0.720. The predicted molar refractivity (Wildman–Crippen MR) is 76.7 cm³/mol. The zero-order valence-corrected chi connectivity index (χ0v) is 13.3. The Morgan fingerprint density at radius 1 is 0.905 bits per heavy atom. The summed E-state index contributed by atoms with van der Waals surface area (Å²) in [4.78, 5) is 0. The SMILES string of the molecule is CO[C@]12C=CC3(C=C[C@]1(OC)OCCO2)OC(C)C3(C)C. The first-order chi connectivity index (χ1) is 9.87. The number of fused-ring (bicyclic) bond motifs is 1. The molecular formula is C16H24O5. The van der Waals surface area contributed by atoms with E-state index < -0.39 is 17.2 Å². The van der Waals surface area contributed by atoms with Crippen LogP contribution in [-0.4, -0.2) is 50.7 Å². The molecule has 2 heterocycles. The molecule has 118 valence electrons. The van der Waals surface area contributed by atoms with Crippen LogP contribution in [0.4, 0.5) is 0 Å². The van der Waals surface area contributed by atoms with E-state index in [0.29, 0.717) is 13.2 Å². The van der Waals surface area contributed by atoms with Gasteiger partial charge in [0, 0.05) is 19.6 Å². The number of rotatable bonds is 2. The van der Waals surface area contributed by atoms with E-state index >= 15 is 0 Å². The molecule has 1 aliphatic carbocycles. The molecule has 3 rings (SSSR count). The Morgan fingerprint density at radius 2 is 1.38 bits per heavy atom. The Bertz CT molecular complexity index is 453. The van der Waals surface area contributed by atoms with Crippen molar-refractivity contribution >= 4 is 0 Å². The van der Waals surface area contributed by atoms with Crippen LogP contribution in [0.3, 0.4) is 0 Å². The monoisotopic (exact) mass is 296 g/mol. The Labute approximate surface area is 125 Å². The fourth-order valence-electron chi connectivity index (χ4n) is 3.34. The predicted octanol–water partition coefficient (Wildman–Crippen LogP) is 2.03. The van der Waals surface area contributed by atoms with Gasteiger partial charge in [0.2, 0.25) is 11.6 Å². The highest BCUT2D eigenvalue weighted by Crippen LogP contribution is 2.54. The van der Waals surface area contributed by atoms with Crippen molar-refractivity contribution in [2.45, 2.75) is 44.1 Å². The second-order valence-corrected chi connectivity index (χ2v) is 6.38. The minimum atomic E-state index is -1.10. The van der Waals surface area contributed by atoms with Gasteiger partial charge in [0.15, 0.2) is 0 Å². The van der Waals surface area contributed by atoms with E-state index in [0.717, 1.165) is 0 Å². The molecule has 1 spiro atoms. The summed E-state index contributed by atoms with van der Waals surface area (Å²) >= 11 is 0. The maximum atomic E-state index is 6.05. The molecule has 0 amide bonds. The third-order valence-electron chi connectivity index (χ3n) is 5.30. The van der Waals surface area contributed by atoms with Gasteiger partial charge < -0.3 is 23.7 Å². The van der Waals surface area contributed by atoms with Crippen molar-refractivity contribution in [3.05, 3.63) is 24.3 Å². The molecule has 0 N–H and O–H groups in total. The van der Waals surface area contributed by atoms with Crippen molar-refractivity contribution in [2.24, 2.45) is 5.41 Å². The Balaban J connectivity index is 2.08. The third kappa shape index (κ3) is 1.75. The molecule has 1 unspecified atom stereocenters. The fraction of sp³-hybridized carbons (Fsp3) is 0.750. The summed E-state index contributed by atoms with van der Waals surface area (Å²) in [6.45, 7) is 7.35. The lowest BCUT2D eigenvalue weighted by atomic mass is 9.65. The van der Waals surface area contributed by atoms with E-state index in [1.54, 1.807) is 14.2 Å². The lowest BCUT2D eigenvalue weighted by Gasteiger charge is -2.57. The highest BCUT2D eigenvalue weighted by atomic mass is 16.8. The molecule has 0 bridgehead atoms. The van der Waals surface area contributed by atoms with Gasteiger partial charge in [-0.3, -0.25) is 0 Å². The molecule has 5 nitrogen and oxygen atoms in total. The van der Waals surface area contributed by atoms with E-state index in [1.165, 1.54) is 0 Å². The molecule has 5 heteroatoms. The molecule has 0 saturated carbocycles. The van der Waals surface area contributed by atoms with Gasteiger partial charge in [-0.2, -0.15) is 0 Å². The number of methoxy groups -OCH3 is 2. The van der Waals surface area contributed by atoms with Crippen molar-refractivity contribution in [3.8, 4) is 0 Å². The Kier molecular flexibility index (Phi) is 3.35. The van der Waals surface area contributed by atoms with E-state index in [1.807, 2.05) is 24.3 Å². The maximum absolute atomic E-state index is 6.05. The number of ether oxygens (including phenoxy) is 5. The van der Waals surface area contributed by atoms with Crippen LogP contribution in [0.1, 0.15) is 20.8 Å². The second kappa shape index (κ2) is 4.64. The summed E-state index contributed by atoms with van der Waals surface area (Å²) in [5.41, 5.74) is -0.523. The van der Waals surface area contributed by atoms with Gasteiger partial charge in [0.05, 0.1) is 19.3 Å². The molecule has 0 aromatic heterocycles. The smallest absolute Gasteiger partial charge is 0.248 e. The highest BCUT2D eigenvalue weighted by Gasteiger charge is 2.62. The van der Waals surface area contributed by atoms with Crippen LogP contribution in [0.5, 0.6) is 0 Å². The third-order valence-corrected chi connectivity index (χ3v) is 5.30. The van der Waals surface area contributed by atoms with Gasteiger partial charge in [-0.25, -0.2) is 0 Å². The van der Waals surface area contributed by atoms with Crippen molar-refractivity contribution in [2.75, 3.05) is 27.4 Å². The quantitative estimate of drug-likeness (QED) is 0.730. The fourth-order valence-corrected chi connectivity index (χ4v) is 3.34. The van der Waals surface area contributed by atoms with Crippen molar-refractivity contribution < 1.29 is 23.7 Å². The topological polar surface area (TPSA) is 46.2 Å². The summed E-state index contributed by atoms with van der Waals surface area (Å²) in [7, 11) is 3.18. The molecule has 2 aliphatic heterocycles. The summed E-state index contributed by atoms with van der Waals surface area (Å²) in [6, 6.07) is 0. The average molecular weight is 296 g/mol. The van der Waals surface area contributed by atoms with Gasteiger partial charge in [0.1, 0.15) is 5.60 Å². The van der Waals surface area contributed by atoms with Crippen LogP contribution >= 0.6 is 0 Å². The normalized spacial score (nSPS) is 47.8. The van der Waals surface area contributed by atoms with E-state index in [2.05, 4.69) is 20.8 Å². The van der Waals surface area contributed by atoms with Crippen LogP contribution in [0, 0.1) is 5.41 Å². The lowest BCUT2D eigenvalue weighted by molar-refractivity contribution is -0.389. The second-order valence-electron chi connectivity index (χ2n) is 6.38. The molecule has 3 aliphatic rings. The summed E-state index contributed by atoms with van der Waals surface area (Å²) < 4.78 is 29.1. The Morgan fingerprint density at radius 3 is 1.71 bits per heavy atom. The van der Waals surface area contributed by atoms with E-state index in [4.69, 9.17) is 23.7 Å². The van der Waals surface area contributed by atoms with Gasteiger partial charge in [0.25, 0.3) is 0 Å². The minimum Gasteiger partial charge on any atom is -0.362 e. The zero-order chi connectivity index (χ0) is 15.4. The minimum absolute atomic E-state index is 0.0304. The standard InChI is InChI=1S/C16H24O5/c1-12-13(2,3)14(21-12)6-8-15(17-4)16(18-5,9-7-14)20-11-10-19-15/h6-9,12H,10-11H2,1-5H3/t12?,15-,16-/m0/s1. The molecular weight excluding hydrogens is 272 g/mol. The van der Waals surface area contributed by atoms with Crippen LogP contribution in [0.25, 0.3) is 0 Å². The van der Waals surface area contributed by atoms with Crippen LogP contribution < -0.4 is 0 Å². The average Bonchev–Trinajstić information content (AvgIpc) is 2.65. The molecule has 2 fully saturated rings. The molecule has 0 radical (unpaired) electrons. The summed E-state index contributed by atoms with van der Waals surface area (Å²) in [6.07, 6.45) is 7.91. The zero-order valence-electron chi connectivity index (χ0n) is 13.3. The maximum Gasteiger partial charge on any atom is 0.248 e. The molecule has 3 atom stereocenters. The van der Waals surface area contributed by atoms with E-state index in [9.17, 15) is 0 Å². The molecule has 2 saturated heterocycles. The summed E-state index contributed by atoms with van der Waals surface area (Å²) in [5, 5.41) is 0. The highest BCUT2D eigenvalue weighted by molar-refractivity contribution is 5.34. The van der Waals surface area contributed by atoms with Gasteiger partial charge >= 0.3 is 0 Å². The molecule has 0 aromatic carbocycles. The van der Waals surface area contributed by atoms with Crippen LogP contribution in [0.2, 0.25) is 0 Å². The molecule has 21 heavy (non-hydrogen) atoms. The first kappa shape index (κ1) is 15.2. The van der Waals surface area contributed by atoms with E-state index in [-0.39, 0.29) is 11.5 Å². The molecule has 0 aromatic rings. The van der Waals surface area contributed by atoms with Crippen molar-refractivity contribution in [3.63, 3.8) is 0 Å². The largest absolute Gasteiger partial charge is 0.362 e. The summed E-state index contributed by atoms with van der Waals surface area (Å²) in [5.74, 6) is -2.20. The lowest BCUT2D eigenvalue weighted by Crippen LogP contribution is -2.63. The van der Waals surface area contributed by atoms with Gasteiger partial charge in [-0.05, 0) is 31.2 Å². The van der Waals surface area contributed by atoms with Gasteiger partial charge in [-0.15, -0.1) is 0 Å². The van der Waals surface area contributed by atoms with Crippen LogP contribution in [0.15, 0.2) is 24.3 Å². The first-order valence-corrected chi connectivity index (χ1v) is 7.34.